The molecule has 6 rings (SSSR count). The highest BCUT2D eigenvalue weighted by atomic mass is 16.6. The molecule has 1 aliphatic heterocycles. The molecule has 0 radical (unpaired) electrons. The molecule has 4 bridgehead atoms. The zero-order chi connectivity index (χ0) is 21.5. The van der Waals surface area contributed by atoms with Gasteiger partial charge in [-0.05, 0) is 84.5 Å². The molecule has 5 aliphatic carbocycles. The average Bonchev–Trinajstić information content (AvgIpc) is 2.78. The van der Waals surface area contributed by atoms with Crippen LogP contribution in [0.4, 0.5) is 4.79 Å². The van der Waals surface area contributed by atoms with Gasteiger partial charge in [0.1, 0.15) is 17.7 Å². The molecule has 1 heterocycles. The number of nitrogens with zero attached hydrogens (tertiary/aromatic N) is 1. The lowest BCUT2D eigenvalue weighted by Crippen LogP contribution is -2.67. The predicted octanol–water partition coefficient (Wildman–Crippen LogP) is 2.83. The van der Waals surface area contributed by atoms with Crippen LogP contribution >= 0.6 is 0 Å². The van der Waals surface area contributed by atoms with Gasteiger partial charge in [0, 0.05) is 11.5 Å². The number of alkyl carbamates (subject to hydrolysis) is 1. The largest absolute Gasteiger partial charge is 0.444 e. The molecule has 30 heavy (non-hydrogen) atoms. The summed E-state index contributed by atoms with van der Waals surface area (Å²) in [6.07, 6.45) is 5.50. The van der Waals surface area contributed by atoms with E-state index in [-0.39, 0.29) is 23.9 Å². The van der Waals surface area contributed by atoms with Crippen LogP contribution in [-0.2, 0) is 9.53 Å². The van der Waals surface area contributed by atoms with Crippen molar-refractivity contribution >= 4 is 12.0 Å². The molecule has 0 aromatic carbocycles. The highest BCUT2D eigenvalue weighted by Crippen LogP contribution is 2.63. The van der Waals surface area contributed by atoms with Crippen molar-refractivity contribution in [3.63, 3.8) is 0 Å². The first-order chi connectivity index (χ1) is 14.0. The third-order valence-corrected chi connectivity index (χ3v) is 8.02. The fourth-order valence-electron chi connectivity index (χ4n) is 7.51. The van der Waals surface area contributed by atoms with Crippen LogP contribution in [0.2, 0.25) is 0 Å². The number of carbonyl (C=O) groups excluding carboxylic acids is 2. The molecule has 164 valence electrons. The number of hydrogen-bond donors (Lipinski definition) is 2. The Morgan fingerprint density at radius 2 is 1.80 bits per heavy atom. The summed E-state index contributed by atoms with van der Waals surface area (Å²) in [7, 11) is 0. The van der Waals surface area contributed by atoms with Gasteiger partial charge in [-0.3, -0.25) is 4.79 Å². The van der Waals surface area contributed by atoms with Crippen LogP contribution in [-0.4, -0.2) is 51.3 Å². The highest BCUT2D eigenvalue weighted by molar-refractivity contribution is 5.88. The molecule has 0 spiro atoms. The van der Waals surface area contributed by atoms with Gasteiger partial charge in [0.05, 0.1) is 11.5 Å². The summed E-state index contributed by atoms with van der Waals surface area (Å²) in [5.41, 5.74) is -1.74. The zero-order valence-electron chi connectivity index (χ0n) is 18.5. The summed E-state index contributed by atoms with van der Waals surface area (Å²) in [6.45, 7) is 7.55. The monoisotopic (exact) mass is 414 g/mol. The van der Waals surface area contributed by atoms with Gasteiger partial charge in [-0.2, -0.15) is 0 Å². The van der Waals surface area contributed by atoms with E-state index in [4.69, 9.17) is 4.74 Å². The Morgan fingerprint density at radius 1 is 1.13 bits per heavy atom. The minimum absolute atomic E-state index is 0.0348. The van der Waals surface area contributed by atoms with Crippen molar-refractivity contribution in [1.29, 1.82) is 0 Å². The number of amides is 2. The number of rotatable bonds is 3. The maximum atomic E-state index is 14.0. The van der Waals surface area contributed by atoms with E-state index >= 15 is 0 Å². The molecule has 6 heteroatoms. The van der Waals surface area contributed by atoms with Crippen LogP contribution in [0.25, 0.3) is 0 Å². The molecular formula is C24H34N2O4. The first-order valence-electron chi connectivity index (χ1n) is 11.5. The molecule has 3 unspecified atom stereocenters. The molecule has 0 aromatic rings. The van der Waals surface area contributed by atoms with Crippen molar-refractivity contribution in [2.45, 2.75) is 102 Å². The number of aliphatic hydroxyl groups is 1. The molecule has 2 N–H and O–H groups in total. The number of ether oxygens (including phenoxy) is 1. The summed E-state index contributed by atoms with van der Waals surface area (Å²) in [4.78, 5) is 28.7. The standard InChI is InChI=1S/C24H34N2O4/c1-14-7-17-5-6-18(17)26(14)20(27)19(25-21(28)30-22(2,3)4)23-9-15-8-16(10-23)12-24(29,11-15)13-23/h14-19,29H,7-13H2,1-4H3,(H,25,28)/t14-,15+,16?,17+,18+,19-,23?,24?/m1/s1. The summed E-state index contributed by atoms with van der Waals surface area (Å²) < 4.78 is 5.55. The molecule has 0 aromatic heterocycles. The molecule has 4 saturated carbocycles. The predicted molar refractivity (Wildman–Crippen MR) is 111 cm³/mol. The van der Waals surface area contributed by atoms with Crippen LogP contribution in [0.5, 0.6) is 0 Å². The second kappa shape index (κ2) is 6.38. The Bertz CT molecular complexity index is 820. The van der Waals surface area contributed by atoms with E-state index in [9.17, 15) is 14.7 Å². The van der Waals surface area contributed by atoms with Crippen molar-refractivity contribution < 1.29 is 19.4 Å². The van der Waals surface area contributed by atoms with E-state index in [1.54, 1.807) is 0 Å². The fraction of sp³-hybridized carbons (Fsp3) is 0.833. The van der Waals surface area contributed by atoms with Crippen LogP contribution in [0.3, 0.4) is 0 Å². The smallest absolute Gasteiger partial charge is 0.408 e. The highest BCUT2D eigenvalue weighted by Gasteiger charge is 2.62. The molecule has 8 atom stereocenters. The molecule has 6 aliphatic rings. The van der Waals surface area contributed by atoms with E-state index in [0.717, 1.165) is 38.5 Å². The van der Waals surface area contributed by atoms with Gasteiger partial charge in [0.15, 0.2) is 0 Å². The van der Waals surface area contributed by atoms with Gasteiger partial charge in [-0.15, -0.1) is 0 Å². The average molecular weight is 415 g/mol. The second-order valence-electron chi connectivity index (χ2n) is 11.8. The van der Waals surface area contributed by atoms with Crippen LogP contribution in [0.1, 0.15) is 72.6 Å². The van der Waals surface area contributed by atoms with Gasteiger partial charge >= 0.3 is 6.09 Å². The minimum Gasteiger partial charge on any atom is -0.444 e. The first kappa shape index (κ1) is 20.2. The normalized spacial score (nSPS) is 43.9. The summed E-state index contributed by atoms with van der Waals surface area (Å²) in [5, 5.41) is 14.2. The summed E-state index contributed by atoms with van der Waals surface area (Å²) in [6, 6.07) is -0.615. The van der Waals surface area contributed by atoms with Gasteiger partial charge < -0.3 is 20.1 Å². The van der Waals surface area contributed by atoms with E-state index < -0.39 is 28.8 Å². The Hall–Kier alpha value is -1.74. The van der Waals surface area contributed by atoms with Crippen LogP contribution < -0.4 is 5.32 Å². The van der Waals surface area contributed by atoms with Crippen molar-refractivity contribution in [3.05, 3.63) is 0 Å². The summed E-state index contributed by atoms with van der Waals surface area (Å²) >= 11 is 0. The topological polar surface area (TPSA) is 78.9 Å². The second-order valence-corrected chi connectivity index (χ2v) is 11.8. The first-order valence-corrected chi connectivity index (χ1v) is 11.5. The van der Waals surface area contributed by atoms with E-state index in [0.29, 0.717) is 18.3 Å². The van der Waals surface area contributed by atoms with E-state index in [2.05, 4.69) is 24.1 Å². The Morgan fingerprint density at radius 3 is 2.30 bits per heavy atom. The lowest BCUT2D eigenvalue weighted by molar-refractivity contribution is -0.180. The van der Waals surface area contributed by atoms with Crippen molar-refractivity contribution in [3.8, 4) is 11.8 Å². The zero-order valence-corrected chi connectivity index (χ0v) is 18.5. The SMILES string of the molecule is C[C@@H]1C[C@@H]2C#C[C@@H]2N1C(=O)[C@@H](NC(=O)OC(C)(C)C)C12CC3C[C@H](CC(O)(C3)C1)C2. The lowest BCUT2D eigenvalue weighted by Gasteiger charge is -2.62. The molecule has 1 saturated heterocycles. The number of nitrogens with one attached hydrogen (secondary N) is 1. The molecular weight excluding hydrogens is 380 g/mol. The van der Waals surface area contributed by atoms with Gasteiger partial charge in [0.2, 0.25) is 5.91 Å². The van der Waals surface area contributed by atoms with Crippen molar-refractivity contribution in [2.24, 2.45) is 23.2 Å². The van der Waals surface area contributed by atoms with Crippen molar-refractivity contribution in [1.82, 2.24) is 10.2 Å². The van der Waals surface area contributed by atoms with E-state index in [1.807, 2.05) is 25.7 Å². The molecule has 6 nitrogen and oxygen atoms in total. The quantitative estimate of drug-likeness (QED) is 0.696. The van der Waals surface area contributed by atoms with Crippen molar-refractivity contribution in [2.75, 3.05) is 0 Å². The van der Waals surface area contributed by atoms with Crippen LogP contribution in [0, 0.1) is 35.0 Å². The Balaban J connectivity index is 1.47. The maximum Gasteiger partial charge on any atom is 0.408 e. The third kappa shape index (κ3) is 3.21. The van der Waals surface area contributed by atoms with Gasteiger partial charge in [-0.25, -0.2) is 4.79 Å². The number of hydrogen-bond acceptors (Lipinski definition) is 4. The van der Waals surface area contributed by atoms with E-state index in [1.165, 1.54) is 0 Å². The lowest BCUT2D eigenvalue weighted by atomic mass is 9.46. The molecule has 2 amide bonds. The fourth-order valence-corrected chi connectivity index (χ4v) is 7.51. The Kier molecular flexibility index (Phi) is 4.29. The third-order valence-electron chi connectivity index (χ3n) is 8.02. The van der Waals surface area contributed by atoms with Gasteiger partial charge in [-0.1, -0.05) is 11.8 Å². The minimum atomic E-state index is -0.701. The molecule has 5 fully saturated rings. The van der Waals surface area contributed by atoms with Gasteiger partial charge in [0.25, 0.3) is 0 Å². The number of carbonyl (C=O) groups is 2. The number of fused-ring (bicyclic) bond motifs is 1. The number of likely N-dealkylation sites (tertiary alicyclic amines) is 1. The summed E-state index contributed by atoms with van der Waals surface area (Å²) in [5.74, 6) is 7.41. The Labute approximate surface area is 179 Å². The van der Waals surface area contributed by atoms with Crippen LogP contribution in [0.15, 0.2) is 0 Å². The maximum absolute atomic E-state index is 14.0.